The first-order valence-corrected chi connectivity index (χ1v) is 2.77. The molecular weight excluding hydrogens is 134 g/mol. The molecular formula is C6H7NO3. The molecule has 0 spiro atoms. The van der Waals surface area contributed by atoms with Crippen LogP contribution in [0.3, 0.4) is 0 Å². The average molecular weight is 141 g/mol. The molecule has 1 rings (SSSR count). The molecule has 0 aromatic carbocycles. The molecule has 3 N–H and O–H groups in total. The molecule has 4 heteroatoms. The zero-order valence-electron chi connectivity index (χ0n) is 5.16. The highest BCUT2D eigenvalue weighted by Crippen LogP contribution is 2.05. The van der Waals surface area contributed by atoms with Gasteiger partial charge in [-0.1, -0.05) is 0 Å². The maximum atomic E-state index is 10.3. The lowest BCUT2D eigenvalue weighted by Crippen LogP contribution is -2.20. The minimum Gasteiger partial charge on any atom is -0.507 e. The number of aliphatic carboxylic acids is 1. The number of aliphatic hydroxyl groups is 1. The van der Waals surface area contributed by atoms with E-state index < -0.39 is 5.97 Å². The fourth-order valence-corrected chi connectivity index (χ4v) is 0.675. The lowest BCUT2D eigenvalue weighted by atomic mass is 10.2. The number of rotatable bonds is 1. The first kappa shape index (κ1) is 6.67. The third-order valence-corrected chi connectivity index (χ3v) is 1.21. The minimum absolute atomic E-state index is 0.00231. The Hall–Kier alpha value is -1.45. The molecule has 0 saturated carbocycles. The van der Waals surface area contributed by atoms with Crippen molar-refractivity contribution in [2.75, 3.05) is 6.54 Å². The van der Waals surface area contributed by atoms with Crippen LogP contribution in [0, 0.1) is 0 Å². The number of dihydropyridines is 1. The number of carboxylic acids is 1. The SMILES string of the molecule is O=C(O)C1=C(O)C=CNC1. The van der Waals surface area contributed by atoms with E-state index in [0.29, 0.717) is 0 Å². The number of carboxylic acid groups (broad SMARTS) is 1. The van der Waals surface area contributed by atoms with E-state index in [9.17, 15) is 4.79 Å². The molecule has 0 aliphatic carbocycles. The minimum atomic E-state index is -1.09. The molecule has 4 nitrogen and oxygen atoms in total. The van der Waals surface area contributed by atoms with Crippen molar-refractivity contribution in [1.29, 1.82) is 0 Å². The number of carbonyl (C=O) groups is 1. The molecule has 0 amide bonds. The van der Waals surface area contributed by atoms with Crippen molar-refractivity contribution in [2.45, 2.75) is 0 Å². The lowest BCUT2D eigenvalue weighted by molar-refractivity contribution is -0.132. The van der Waals surface area contributed by atoms with Crippen LogP contribution in [0.4, 0.5) is 0 Å². The van der Waals surface area contributed by atoms with Crippen molar-refractivity contribution in [3.05, 3.63) is 23.6 Å². The Labute approximate surface area is 57.5 Å². The van der Waals surface area contributed by atoms with Gasteiger partial charge in [0.15, 0.2) is 0 Å². The van der Waals surface area contributed by atoms with Crippen LogP contribution in [-0.2, 0) is 4.79 Å². The van der Waals surface area contributed by atoms with Crippen molar-refractivity contribution in [2.24, 2.45) is 0 Å². The smallest absolute Gasteiger partial charge is 0.337 e. The highest BCUT2D eigenvalue weighted by atomic mass is 16.4. The predicted molar refractivity (Wildman–Crippen MR) is 34.4 cm³/mol. The van der Waals surface area contributed by atoms with E-state index in [0.717, 1.165) is 0 Å². The molecule has 54 valence electrons. The van der Waals surface area contributed by atoms with Crippen LogP contribution in [0.1, 0.15) is 0 Å². The molecule has 0 atom stereocenters. The molecule has 0 bridgehead atoms. The second-order valence-corrected chi connectivity index (χ2v) is 1.88. The van der Waals surface area contributed by atoms with Crippen molar-refractivity contribution in [3.8, 4) is 0 Å². The number of allylic oxidation sites excluding steroid dienone is 1. The van der Waals surface area contributed by atoms with Crippen molar-refractivity contribution in [3.63, 3.8) is 0 Å². The first-order chi connectivity index (χ1) is 4.72. The normalized spacial score (nSPS) is 16.8. The lowest BCUT2D eigenvalue weighted by Gasteiger charge is -2.08. The molecule has 0 aromatic heterocycles. The van der Waals surface area contributed by atoms with Gasteiger partial charge in [-0.3, -0.25) is 0 Å². The van der Waals surface area contributed by atoms with Gasteiger partial charge in [-0.25, -0.2) is 4.79 Å². The van der Waals surface area contributed by atoms with Crippen molar-refractivity contribution < 1.29 is 15.0 Å². The van der Waals surface area contributed by atoms with Crippen molar-refractivity contribution in [1.82, 2.24) is 5.32 Å². The average Bonchev–Trinajstić information content (AvgIpc) is 1.88. The van der Waals surface area contributed by atoms with E-state index in [1.807, 2.05) is 0 Å². The Morgan fingerprint density at radius 3 is 2.80 bits per heavy atom. The van der Waals surface area contributed by atoms with Gasteiger partial charge in [0.05, 0.1) is 12.1 Å². The summed E-state index contributed by atoms with van der Waals surface area (Å²) in [5.41, 5.74) is 0.00231. The van der Waals surface area contributed by atoms with Crippen LogP contribution in [0.15, 0.2) is 23.6 Å². The van der Waals surface area contributed by atoms with Crippen LogP contribution < -0.4 is 5.32 Å². The largest absolute Gasteiger partial charge is 0.507 e. The summed E-state index contributed by atoms with van der Waals surface area (Å²) in [6, 6.07) is 0. The van der Waals surface area contributed by atoms with Gasteiger partial charge in [-0.15, -0.1) is 0 Å². The van der Waals surface area contributed by atoms with Gasteiger partial charge >= 0.3 is 5.97 Å². The zero-order chi connectivity index (χ0) is 7.56. The van der Waals surface area contributed by atoms with Gasteiger partial charge in [0, 0.05) is 6.20 Å². The number of aliphatic hydroxyl groups excluding tert-OH is 1. The maximum Gasteiger partial charge on any atom is 0.337 e. The quantitative estimate of drug-likeness (QED) is 0.480. The summed E-state index contributed by atoms with van der Waals surface area (Å²) in [5, 5.41) is 20.0. The van der Waals surface area contributed by atoms with Crippen LogP contribution in [0.2, 0.25) is 0 Å². The molecule has 0 saturated heterocycles. The highest BCUT2D eigenvalue weighted by Gasteiger charge is 2.13. The van der Waals surface area contributed by atoms with Crippen LogP contribution in [0.25, 0.3) is 0 Å². The molecule has 0 unspecified atom stereocenters. The number of hydrogen-bond acceptors (Lipinski definition) is 3. The van der Waals surface area contributed by atoms with E-state index in [1.54, 1.807) is 0 Å². The molecule has 1 heterocycles. The van der Waals surface area contributed by atoms with E-state index in [2.05, 4.69) is 5.32 Å². The van der Waals surface area contributed by atoms with Crippen LogP contribution in [0.5, 0.6) is 0 Å². The summed E-state index contributed by atoms with van der Waals surface area (Å²) in [6.07, 6.45) is 2.81. The third kappa shape index (κ3) is 1.10. The van der Waals surface area contributed by atoms with E-state index in [4.69, 9.17) is 10.2 Å². The van der Waals surface area contributed by atoms with Crippen LogP contribution in [-0.4, -0.2) is 22.7 Å². The van der Waals surface area contributed by atoms with Crippen molar-refractivity contribution >= 4 is 5.97 Å². The topological polar surface area (TPSA) is 69.6 Å². The summed E-state index contributed by atoms with van der Waals surface area (Å²) in [7, 11) is 0. The fourth-order valence-electron chi connectivity index (χ4n) is 0.675. The first-order valence-electron chi connectivity index (χ1n) is 2.77. The van der Waals surface area contributed by atoms with E-state index in [-0.39, 0.29) is 17.9 Å². The van der Waals surface area contributed by atoms with Gasteiger partial charge < -0.3 is 15.5 Å². The number of hydrogen-bond donors (Lipinski definition) is 3. The molecule has 10 heavy (non-hydrogen) atoms. The standard InChI is InChI=1S/C6H7NO3/c8-5-1-2-7-3-4(5)6(9)10/h1-2,7-8H,3H2,(H,9,10). The summed E-state index contributed by atoms with van der Waals surface area (Å²) >= 11 is 0. The summed E-state index contributed by atoms with van der Waals surface area (Å²) in [6.45, 7) is 0.178. The summed E-state index contributed by atoms with van der Waals surface area (Å²) < 4.78 is 0. The van der Waals surface area contributed by atoms with Gasteiger partial charge in [-0.05, 0) is 6.08 Å². The molecule has 0 aromatic rings. The monoisotopic (exact) mass is 141 g/mol. The molecule has 0 fully saturated rings. The Morgan fingerprint density at radius 2 is 2.40 bits per heavy atom. The zero-order valence-corrected chi connectivity index (χ0v) is 5.16. The predicted octanol–water partition coefficient (Wildman–Crippen LogP) is 0.0000000000000000555. The van der Waals surface area contributed by atoms with E-state index >= 15 is 0 Å². The Balaban J connectivity index is 2.89. The molecule has 0 radical (unpaired) electrons. The van der Waals surface area contributed by atoms with Gasteiger partial charge in [0.1, 0.15) is 5.76 Å². The number of nitrogens with one attached hydrogen (secondary N) is 1. The second kappa shape index (κ2) is 2.43. The molecule has 1 aliphatic rings. The van der Waals surface area contributed by atoms with E-state index in [1.165, 1.54) is 12.3 Å². The Kier molecular flexibility index (Phi) is 1.62. The van der Waals surface area contributed by atoms with Gasteiger partial charge in [0.2, 0.25) is 0 Å². The second-order valence-electron chi connectivity index (χ2n) is 1.88. The van der Waals surface area contributed by atoms with Gasteiger partial charge in [0.25, 0.3) is 0 Å². The molecule has 1 aliphatic heterocycles. The third-order valence-electron chi connectivity index (χ3n) is 1.21. The van der Waals surface area contributed by atoms with Gasteiger partial charge in [-0.2, -0.15) is 0 Å². The Bertz CT molecular complexity index is 217. The highest BCUT2D eigenvalue weighted by molar-refractivity contribution is 5.88. The summed E-state index contributed by atoms with van der Waals surface area (Å²) in [4.78, 5) is 10.3. The van der Waals surface area contributed by atoms with Crippen LogP contribution >= 0.6 is 0 Å². The Morgan fingerprint density at radius 1 is 1.70 bits per heavy atom. The summed E-state index contributed by atoms with van der Waals surface area (Å²) in [5.74, 6) is -1.26. The maximum absolute atomic E-state index is 10.3. The fraction of sp³-hybridized carbons (Fsp3) is 0.167.